The number of amides is 1. The number of nitrogens with one attached hydrogen (secondary N) is 1. The van der Waals surface area contributed by atoms with Crippen molar-refractivity contribution in [1.29, 1.82) is 0 Å². The number of H-pyrrole nitrogens is 1. The van der Waals surface area contributed by atoms with Crippen LogP contribution in [0.2, 0.25) is 0 Å². The van der Waals surface area contributed by atoms with Crippen LogP contribution in [-0.2, 0) is 6.54 Å². The molecule has 0 spiro atoms. The second kappa shape index (κ2) is 5.40. The molecular formula is C17H17N3O. The van der Waals surface area contributed by atoms with E-state index in [0.717, 1.165) is 16.5 Å². The van der Waals surface area contributed by atoms with E-state index in [1.165, 1.54) is 5.56 Å². The van der Waals surface area contributed by atoms with Crippen molar-refractivity contribution in [2.75, 3.05) is 7.05 Å². The van der Waals surface area contributed by atoms with Gasteiger partial charge >= 0.3 is 0 Å². The van der Waals surface area contributed by atoms with Crippen LogP contribution in [0.25, 0.3) is 10.9 Å². The van der Waals surface area contributed by atoms with E-state index in [-0.39, 0.29) is 5.91 Å². The highest BCUT2D eigenvalue weighted by Crippen LogP contribution is 2.18. The molecule has 3 rings (SSSR count). The van der Waals surface area contributed by atoms with Crippen molar-refractivity contribution in [2.45, 2.75) is 13.5 Å². The van der Waals surface area contributed by atoms with Crippen LogP contribution in [0.3, 0.4) is 0 Å². The summed E-state index contributed by atoms with van der Waals surface area (Å²) in [5, 5.41) is 1.06. The number of fused-ring (bicyclic) bond motifs is 1. The van der Waals surface area contributed by atoms with Crippen molar-refractivity contribution in [3.05, 3.63) is 65.6 Å². The van der Waals surface area contributed by atoms with Crippen LogP contribution in [0.4, 0.5) is 0 Å². The molecule has 0 aliphatic heterocycles. The van der Waals surface area contributed by atoms with E-state index in [1.54, 1.807) is 24.3 Å². The molecule has 0 aliphatic carbocycles. The van der Waals surface area contributed by atoms with Crippen LogP contribution < -0.4 is 0 Å². The van der Waals surface area contributed by atoms with Gasteiger partial charge in [0.1, 0.15) is 5.69 Å². The minimum atomic E-state index is -0.0206. The first-order valence-electron chi connectivity index (χ1n) is 6.87. The van der Waals surface area contributed by atoms with Crippen molar-refractivity contribution in [3.8, 4) is 0 Å². The fraction of sp³-hybridized carbons (Fsp3) is 0.176. The van der Waals surface area contributed by atoms with Crippen LogP contribution in [0, 0.1) is 6.92 Å². The first-order valence-corrected chi connectivity index (χ1v) is 6.87. The Morgan fingerprint density at radius 3 is 2.90 bits per heavy atom. The summed E-state index contributed by atoms with van der Waals surface area (Å²) in [4.78, 5) is 21.4. The minimum absolute atomic E-state index is 0.0206. The molecule has 4 nitrogen and oxygen atoms in total. The van der Waals surface area contributed by atoms with Gasteiger partial charge in [0, 0.05) is 36.9 Å². The smallest absolute Gasteiger partial charge is 0.270 e. The molecule has 0 bridgehead atoms. The average Bonchev–Trinajstić information content (AvgIpc) is 2.90. The number of benzene rings is 1. The number of aromatic amines is 1. The van der Waals surface area contributed by atoms with E-state index >= 15 is 0 Å². The van der Waals surface area contributed by atoms with Gasteiger partial charge in [0.05, 0.1) is 0 Å². The summed E-state index contributed by atoms with van der Waals surface area (Å²) in [6.45, 7) is 2.59. The van der Waals surface area contributed by atoms with Gasteiger partial charge in [-0.3, -0.25) is 9.78 Å². The summed E-state index contributed by atoms with van der Waals surface area (Å²) in [6.07, 6.45) is 3.50. The Morgan fingerprint density at radius 2 is 2.14 bits per heavy atom. The van der Waals surface area contributed by atoms with Crippen LogP contribution in [0.15, 0.2) is 48.8 Å². The van der Waals surface area contributed by atoms with Crippen LogP contribution in [-0.4, -0.2) is 27.8 Å². The van der Waals surface area contributed by atoms with Crippen molar-refractivity contribution >= 4 is 16.8 Å². The summed E-state index contributed by atoms with van der Waals surface area (Å²) in [7, 11) is 1.80. The second-order valence-corrected chi connectivity index (χ2v) is 5.30. The number of carbonyl (C=O) groups excluding carboxylic acids is 1. The van der Waals surface area contributed by atoms with Crippen LogP contribution in [0.1, 0.15) is 21.6 Å². The van der Waals surface area contributed by atoms with Gasteiger partial charge in [0.15, 0.2) is 0 Å². The Bertz CT molecular complexity index is 777. The molecule has 1 aromatic carbocycles. The summed E-state index contributed by atoms with van der Waals surface area (Å²) in [6, 6.07) is 11.9. The third-order valence-electron chi connectivity index (χ3n) is 3.50. The predicted octanol–water partition coefficient (Wildman–Crippen LogP) is 3.14. The fourth-order valence-electron chi connectivity index (χ4n) is 2.41. The number of rotatable bonds is 3. The number of aromatic nitrogens is 2. The summed E-state index contributed by atoms with van der Waals surface area (Å²) in [5.41, 5.74) is 3.80. The van der Waals surface area contributed by atoms with Gasteiger partial charge in [0.2, 0.25) is 0 Å². The Kier molecular flexibility index (Phi) is 3.44. The van der Waals surface area contributed by atoms with Crippen molar-refractivity contribution in [3.63, 3.8) is 0 Å². The monoisotopic (exact) mass is 279 g/mol. The number of carbonyl (C=O) groups is 1. The molecule has 1 N–H and O–H groups in total. The molecule has 1 amide bonds. The number of hydrogen-bond acceptors (Lipinski definition) is 2. The lowest BCUT2D eigenvalue weighted by molar-refractivity contribution is 0.0780. The van der Waals surface area contributed by atoms with Crippen molar-refractivity contribution < 1.29 is 4.79 Å². The van der Waals surface area contributed by atoms with E-state index in [4.69, 9.17) is 0 Å². The normalized spacial score (nSPS) is 10.8. The summed E-state index contributed by atoms with van der Waals surface area (Å²) in [5.74, 6) is -0.0206. The molecule has 2 heterocycles. The lowest BCUT2D eigenvalue weighted by atomic mass is 10.2. The lowest BCUT2D eigenvalue weighted by Gasteiger charge is -2.16. The maximum atomic E-state index is 12.5. The van der Waals surface area contributed by atoms with Gasteiger partial charge in [0.25, 0.3) is 5.91 Å². The number of hydrogen-bond donors (Lipinski definition) is 1. The fourth-order valence-corrected chi connectivity index (χ4v) is 2.41. The van der Waals surface area contributed by atoms with Crippen LogP contribution in [0.5, 0.6) is 0 Å². The first-order chi connectivity index (χ1) is 10.1. The van der Waals surface area contributed by atoms with E-state index < -0.39 is 0 Å². The highest BCUT2D eigenvalue weighted by molar-refractivity contribution is 5.98. The first kappa shape index (κ1) is 13.4. The highest BCUT2D eigenvalue weighted by atomic mass is 16.2. The van der Waals surface area contributed by atoms with Gasteiger partial charge in [-0.15, -0.1) is 0 Å². The predicted molar refractivity (Wildman–Crippen MR) is 83.1 cm³/mol. The highest BCUT2D eigenvalue weighted by Gasteiger charge is 2.14. The zero-order chi connectivity index (χ0) is 14.8. The molecule has 0 aliphatic rings. The van der Waals surface area contributed by atoms with E-state index in [0.29, 0.717) is 12.2 Å². The van der Waals surface area contributed by atoms with Gasteiger partial charge < -0.3 is 9.88 Å². The lowest BCUT2D eigenvalue weighted by Crippen LogP contribution is -2.26. The van der Waals surface area contributed by atoms with E-state index in [2.05, 4.69) is 16.0 Å². The quantitative estimate of drug-likeness (QED) is 0.800. The Hall–Kier alpha value is -2.62. The summed E-state index contributed by atoms with van der Waals surface area (Å²) >= 11 is 0. The third-order valence-corrected chi connectivity index (χ3v) is 3.50. The molecule has 0 fully saturated rings. The molecule has 0 radical (unpaired) electrons. The van der Waals surface area contributed by atoms with Crippen molar-refractivity contribution in [1.82, 2.24) is 14.9 Å². The standard InChI is InChI=1S/C17H17N3O/c1-12-5-6-15-14(8-12)9-16(19-15)17(21)20(2)11-13-4-3-7-18-10-13/h3-10,19H,11H2,1-2H3. The Balaban J connectivity index is 1.82. The molecule has 3 aromatic rings. The molecule has 0 saturated heterocycles. The van der Waals surface area contributed by atoms with Crippen molar-refractivity contribution in [2.24, 2.45) is 0 Å². The largest absolute Gasteiger partial charge is 0.351 e. The molecule has 0 unspecified atom stereocenters. The SMILES string of the molecule is Cc1ccc2[nH]c(C(=O)N(C)Cc3cccnc3)cc2c1. The minimum Gasteiger partial charge on any atom is -0.351 e. The zero-order valence-electron chi connectivity index (χ0n) is 12.1. The summed E-state index contributed by atoms with van der Waals surface area (Å²) < 4.78 is 0. The number of pyridine rings is 1. The molecule has 0 saturated carbocycles. The molecule has 2 aromatic heterocycles. The molecule has 106 valence electrons. The third kappa shape index (κ3) is 2.79. The molecule has 4 heteroatoms. The Labute approximate surface area is 123 Å². The maximum absolute atomic E-state index is 12.5. The van der Waals surface area contributed by atoms with E-state index in [9.17, 15) is 4.79 Å². The average molecular weight is 279 g/mol. The molecular weight excluding hydrogens is 262 g/mol. The number of nitrogens with zero attached hydrogens (tertiary/aromatic N) is 2. The van der Waals surface area contributed by atoms with Gasteiger partial charge in [-0.2, -0.15) is 0 Å². The molecule has 21 heavy (non-hydrogen) atoms. The van der Waals surface area contributed by atoms with Gasteiger partial charge in [-0.05, 0) is 36.8 Å². The zero-order valence-corrected chi connectivity index (χ0v) is 12.1. The van der Waals surface area contributed by atoms with Gasteiger partial charge in [-0.1, -0.05) is 17.7 Å². The second-order valence-electron chi connectivity index (χ2n) is 5.30. The van der Waals surface area contributed by atoms with E-state index in [1.807, 2.05) is 37.3 Å². The Morgan fingerprint density at radius 1 is 1.29 bits per heavy atom. The maximum Gasteiger partial charge on any atom is 0.270 e. The van der Waals surface area contributed by atoms with Crippen LogP contribution >= 0.6 is 0 Å². The topological polar surface area (TPSA) is 49.0 Å². The van der Waals surface area contributed by atoms with Gasteiger partial charge in [-0.25, -0.2) is 0 Å². The number of aryl methyl sites for hydroxylation is 1. The molecule has 0 atom stereocenters.